The highest BCUT2D eigenvalue weighted by atomic mass is 32.2. The summed E-state index contributed by atoms with van der Waals surface area (Å²) >= 11 is 1.42. The minimum Gasteiger partial charge on any atom is -0.349 e. The van der Waals surface area contributed by atoms with E-state index in [1.807, 2.05) is 11.2 Å². The van der Waals surface area contributed by atoms with Gasteiger partial charge < -0.3 is 10.2 Å². The van der Waals surface area contributed by atoms with E-state index in [9.17, 15) is 18.0 Å². The summed E-state index contributed by atoms with van der Waals surface area (Å²) in [7, 11) is -4.03. The van der Waals surface area contributed by atoms with Crippen molar-refractivity contribution in [3.63, 3.8) is 0 Å². The van der Waals surface area contributed by atoms with Crippen molar-refractivity contribution >= 4 is 39.3 Å². The zero-order valence-electron chi connectivity index (χ0n) is 20.8. The predicted molar refractivity (Wildman–Crippen MR) is 144 cm³/mol. The molecule has 194 valence electrons. The first kappa shape index (κ1) is 26.5. The van der Waals surface area contributed by atoms with Crippen LogP contribution in [0, 0.1) is 0 Å². The van der Waals surface area contributed by atoms with E-state index in [-0.39, 0.29) is 34.0 Å². The maximum Gasteiger partial charge on any atom is 0.261 e. The lowest BCUT2D eigenvalue weighted by Gasteiger charge is -2.23. The number of carbonyl (C=O) groups excluding carboxylic acids is 2. The predicted octanol–water partition coefficient (Wildman–Crippen LogP) is 5.29. The third-order valence-electron chi connectivity index (χ3n) is 6.96. The lowest BCUT2D eigenvalue weighted by atomic mass is 9.95. The van der Waals surface area contributed by atoms with Crippen molar-refractivity contribution in [1.29, 1.82) is 0 Å². The summed E-state index contributed by atoms with van der Waals surface area (Å²) in [6, 6.07) is 11.4. The fourth-order valence-corrected chi connectivity index (χ4v) is 6.63. The fourth-order valence-electron chi connectivity index (χ4n) is 4.95. The Hall–Kier alpha value is -2.52. The van der Waals surface area contributed by atoms with Crippen molar-refractivity contribution < 1.29 is 18.0 Å². The molecule has 2 N–H and O–H groups in total. The first-order valence-electron chi connectivity index (χ1n) is 12.8. The second-order valence-electron chi connectivity index (χ2n) is 9.53. The van der Waals surface area contributed by atoms with Crippen LogP contribution in [0.15, 0.2) is 52.3 Å². The molecule has 2 fully saturated rings. The van der Waals surface area contributed by atoms with Crippen molar-refractivity contribution in [2.75, 3.05) is 24.1 Å². The fraction of sp³-hybridized carbons (Fsp3) is 0.481. The molecular weight excluding hydrogens is 494 g/mol. The molecule has 4 rings (SSSR count). The number of likely N-dealkylation sites (tertiary alicyclic amines) is 1. The van der Waals surface area contributed by atoms with E-state index in [1.165, 1.54) is 30.3 Å². The van der Waals surface area contributed by atoms with Gasteiger partial charge in [0.2, 0.25) is 0 Å². The van der Waals surface area contributed by atoms with Crippen LogP contribution >= 0.6 is 11.8 Å². The minimum absolute atomic E-state index is 0.000892. The summed E-state index contributed by atoms with van der Waals surface area (Å²) in [6.45, 7) is 1.37. The number of para-hydroxylation sites is 1. The number of anilines is 1. The van der Waals surface area contributed by atoms with Crippen LogP contribution in [0.1, 0.15) is 78.5 Å². The lowest BCUT2D eigenvalue weighted by Crippen LogP contribution is -2.36. The summed E-state index contributed by atoms with van der Waals surface area (Å²) in [4.78, 5) is 28.9. The molecule has 2 aromatic rings. The summed E-state index contributed by atoms with van der Waals surface area (Å²) in [5, 5.41) is 3.05. The van der Waals surface area contributed by atoms with Gasteiger partial charge in [-0.3, -0.25) is 14.3 Å². The Kier molecular flexibility index (Phi) is 8.95. The van der Waals surface area contributed by atoms with Gasteiger partial charge in [-0.05, 0) is 62.3 Å². The van der Waals surface area contributed by atoms with Crippen molar-refractivity contribution in [2.24, 2.45) is 0 Å². The van der Waals surface area contributed by atoms with Gasteiger partial charge in [-0.1, -0.05) is 44.2 Å². The smallest absolute Gasteiger partial charge is 0.261 e. The largest absolute Gasteiger partial charge is 0.349 e. The maximum absolute atomic E-state index is 13.4. The Balaban J connectivity index is 1.57. The summed E-state index contributed by atoms with van der Waals surface area (Å²) in [5.74, 6) is -0.416. The molecule has 0 aromatic heterocycles. The molecule has 1 aliphatic carbocycles. The van der Waals surface area contributed by atoms with Crippen LogP contribution in [0.3, 0.4) is 0 Å². The Morgan fingerprint density at radius 1 is 0.889 bits per heavy atom. The zero-order valence-corrected chi connectivity index (χ0v) is 22.4. The van der Waals surface area contributed by atoms with Gasteiger partial charge in [0.25, 0.3) is 21.8 Å². The highest BCUT2D eigenvalue weighted by molar-refractivity contribution is 7.98. The number of sulfonamides is 1. The van der Waals surface area contributed by atoms with E-state index in [4.69, 9.17) is 0 Å². The van der Waals surface area contributed by atoms with Gasteiger partial charge >= 0.3 is 0 Å². The van der Waals surface area contributed by atoms with Gasteiger partial charge in [0.1, 0.15) is 0 Å². The van der Waals surface area contributed by atoms with Crippen molar-refractivity contribution in [3.8, 4) is 0 Å². The van der Waals surface area contributed by atoms with Crippen molar-refractivity contribution in [2.45, 2.75) is 73.6 Å². The molecule has 0 bridgehead atoms. The molecule has 1 saturated carbocycles. The van der Waals surface area contributed by atoms with E-state index in [0.717, 1.165) is 56.3 Å². The number of hydrogen-bond acceptors (Lipinski definition) is 5. The van der Waals surface area contributed by atoms with E-state index in [0.29, 0.717) is 18.7 Å². The summed E-state index contributed by atoms with van der Waals surface area (Å²) < 4.78 is 29.4. The summed E-state index contributed by atoms with van der Waals surface area (Å²) in [6.07, 6.45) is 11.2. The average Bonchev–Trinajstić information content (AvgIpc) is 3.18. The third kappa shape index (κ3) is 6.42. The van der Waals surface area contributed by atoms with E-state index in [2.05, 4.69) is 10.0 Å². The second-order valence-corrected chi connectivity index (χ2v) is 12.1. The molecule has 0 unspecified atom stereocenters. The molecule has 0 atom stereocenters. The molecule has 1 aliphatic heterocycles. The molecule has 2 amide bonds. The van der Waals surface area contributed by atoms with Gasteiger partial charge in [0, 0.05) is 24.0 Å². The van der Waals surface area contributed by atoms with E-state index < -0.39 is 10.0 Å². The molecule has 2 aliphatic rings. The number of rotatable bonds is 7. The van der Waals surface area contributed by atoms with Crippen molar-refractivity contribution in [1.82, 2.24) is 10.2 Å². The van der Waals surface area contributed by atoms with Gasteiger partial charge in [-0.2, -0.15) is 0 Å². The highest BCUT2D eigenvalue weighted by Crippen LogP contribution is 2.28. The first-order valence-corrected chi connectivity index (χ1v) is 15.5. The quantitative estimate of drug-likeness (QED) is 0.475. The zero-order chi connectivity index (χ0) is 25.5. The molecule has 0 spiro atoms. The number of thioether (sulfide) groups is 1. The second kappa shape index (κ2) is 12.1. The van der Waals surface area contributed by atoms with Crippen LogP contribution in [0.25, 0.3) is 0 Å². The van der Waals surface area contributed by atoms with Crippen LogP contribution in [-0.2, 0) is 10.0 Å². The number of amides is 2. The van der Waals surface area contributed by atoms with Gasteiger partial charge in [-0.15, -0.1) is 11.8 Å². The molecular formula is C27H35N3O4S2. The molecule has 1 saturated heterocycles. The van der Waals surface area contributed by atoms with Crippen LogP contribution in [-0.4, -0.2) is 50.5 Å². The third-order valence-corrected chi connectivity index (χ3v) is 9.12. The normalized spacial score (nSPS) is 17.3. The van der Waals surface area contributed by atoms with Gasteiger partial charge in [-0.25, -0.2) is 8.42 Å². The topological polar surface area (TPSA) is 95.6 Å². The number of nitrogens with one attached hydrogen (secondary N) is 2. The van der Waals surface area contributed by atoms with E-state index in [1.54, 1.807) is 30.3 Å². The molecule has 0 radical (unpaired) electrons. The Morgan fingerprint density at radius 3 is 2.25 bits per heavy atom. The van der Waals surface area contributed by atoms with Gasteiger partial charge in [0.05, 0.1) is 21.7 Å². The minimum atomic E-state index is -4.03. The van der Waals surface area contributed by atoms with Crippen LogP contribution < -0.4 is 10.0 Å². The van der Waals surface area contributed by atoms with Crippen LogP contribution in [0.5, 0.6) is 0 Å². The Labute approximate surface area is 218 Å². The van der Waals surface area contributed by atoms with E-state index >= 15 is 0 Å². The standard InChI is InChI=1S/C27H35N3O4S2/c1-35-25-16-15-21(19-23(25)27(32)30-17-9-2-3-10-18-30)36(33,34)29-24-14-8-7-13-22(24)26(31)28-20-11-5-4-6-12-20/h7-8,13-16,19-20,29H,2-6,9-12,17-18H2,1H3,(H,28,31). The number of carbonyl (C=O) groups is 2. The Bertz CT molecular complexity index is 1190. The lowest BCUT2D eigenvalue weighted by molar-refractivity contribution is 0.0757. The number of hydrogen-bond donors (Lipinski definition) is 2. The first-order chi connectivity index (χ1) is 17.4. The van der Waals surface area contributed by atoms with Gasteiger partial charge in [0.15, 0.2) is 0 Å². The maximum atomic E-state index is 13.4. The van der Waals surface area contributed by atoms with Crippen LogP contribution in [0.4, 0.5) is 5.69 Å². The molecule has 1 heterocycles. The number of benzene rings is 2. The molecule has 9 heteroatoms. The summed E-state index contributed by atoms with van der Waals surface area (Å²) in [5.41, 5.74) is 0.906. The average molecular weight is 530 g/mol. The number of nitrogens with zero attached hydrogens (tertiary/aromatic N) is 1. The molecule has 36 heavy (non-hydrogen) atoms. The monoisotopic (exact) mass is 529 g/mol. The SMILES string of the molecule is CSc1ccc(S(=O)(=O)Nc2ccccc2C(=O)NC2CCCCC2)cc1C(=O)N1CCCCCC1. The van der Waals surface area contributed by atoms with Crippen molar-refractivity contribution in [3.05, 3.63) is 53.6 Å². The molecule has 7 nitrogen and oxygen atoms in total. The highest BCUT2D eigenvalue weighted by Gasteiger charge is 2.25. The molecule has 2 aromatic carbocycles. The Morgan fingerprint density at radius 2 is 1.56 bits per heavy atom. The van der Waals surface area contributed by atoms with Crippen LogP contribution in [0.2, 0.25) is 0 Å².